The largest absolute Gasteiger partial charge is 0.508 e. The van der Waals surface area contributed by atoms with Crippen molar-refractivity contribution in [2.24, 2.45) is 0 Å². The quantitative estimate of drug-likeness (QED) is 0.601. The fourth-order valence-electron chi connectivity index (χ4n) is 1.45. The highest BCUT2D eigenvalue weighted by Gasteiger charge is 2.01. The van der Waals surface area contributed by atoms with Crippen molar-refractivity contribution in [2.45, 2.75) is 6.92 Å². The minimum absolute atomic E-state index is 0.297. The van der Waals surface area contributed by atoms with Crippen LogP contribution in [0.1, 0.15) is 5.56 Å². The fraction of sp³-hybridized carbons (Fsp3) is 0.0909. The van der Waals surface area contributed by atoms with Crippen molar-refractivity contribution in [3.63, 3.8) is 0 Å². The predicted octanol–water partition coefficient (Wildman–Crippen LogP) is 2.44. The molecule has 0 saturated heterocycles. The number of aromatic hydroxyl groups is 1. The zero-order valence-corrected chi connectivity index (χ0v) is 7.41. The Bertz CT molecular complexity index is 463. The van der Waals surface area contributed by atoms with E-state index in [-0.39, 0.29) is 0 Å². The molecule has 0 bridgehead atoms. The molecule has 0 aliphatic carbocycles. The number of hydrogen-bond acceptors (Lipinski definition) is 2. The number of fused-ring (bicyclic) bond motifs is 1. The summed E-state index contributed by atoms with van der Waals surface area (Å²) in [7, 11) is 0. The number of anilines is 1. The highest BCUT2D eigenvalue weighted by Crippen LogP contribution is 2.27. The Morgan fingerprint density at radius 3 is 2.77 bits per heavy atom. The van der Waals surface area contributed by atoms with Gasteiger partial charge in [0.15, 0.2) is 0 Å². The topological polar surface area (TPSA) is 46.2 Å². The van der Waals surface area contributed by atoms with Gasteiger partial charge in [0, 0.05) is 11.1 Å². The maximum absolute atomic E-state index is 9.49. The zero-order valence-electron chi connectivity index (χ0n) is 7.41. The van der Waals surface area contributed by atoms with Crippen LogP contribution < -0.4 is 5.73 Å². The number of nitrogens with two attached hydrogens (primary N) is 1. The summed E-state index contributed by atoms with van der Waals surface area (Å²) in [5.74, 6) is 0.297. The Kier molecular flexibility index (Phi) is 1.62. The van der Waals surface area contributed by atoms with E-state index in [0.717, 1.165) is 16.3 Å². The number of phenols is 1. The van der Waals surface area contributed by atoms with Gasteiger partial charge in [-0.05, 0) is 36.1 Å². The minimum atomic E-state index is 0.297. The average molecular weight is 173 g/mol. The van der Waals surface area contributed by atoms with E-state index >= 15 is 0 Å². The van der Waals surface area contributed by atoms with Gasteiger partial charge in [-0.3, -0.25) is 0 Å². The lowest BCUT2D eigenvalue weighted by Crippen LogP contribution is -1.86. The van der Waals surface area contributed by atoms with Crippen LogP contribution in [0.5, 0.6) is 5.75 Å². The second-order valence-electron chi connectivity index (χ2n) is 3.21. The van der Waals surface area contributed by atoms with Gasteiger partial charge in [-0.1, -0.05) is 12.1 Å². The first-order chi connectivity index (χ1) is 6.18. The molecule has 0 spiro atoms. The molecule has 0 heterocycles. The molecular formula is C11H11NO. The zero-order chi connectivity index (χ0) is 9.42. The number of aryl methyl sites for hydroxylation is 1. The van der Waals surface area contributed by atoms with Gasteiger partial charge >= 0.3 is 0 Å². The Morgan fingerprint density at radius 1 is 1.23 bits per heavy atom. The normalized spacial score (nSPS) is 10.5. The van der Waals surface area contributed by atoms with Crippen molar-refractivity contribution in [1.82, 2.24) is 0 Å². The van der Waals surface area contributed by atoms with E-state index in [9.17, 15) is 5.11 Å². The summed E-state index contributed by atoms with van der Waals surface area (Å²) in [4.78, 5) is 0. The third-order valence-electron chi connectivity index (χ3n) is 2.23. The van der Waals surface area contributed by atoms with Gasteiger partial charge in [0.1, 0.15) is 5.75 Å². The summed E-state index contributed by atoms with van der Waals surface area (Å²) in [6.45, 7) is 1.87. The summed E-state index contributed by atoms with van der Waals surface area (Å²) in [6.07, 6.45) is 0. The molecule has 0 fully saturated rings. The van der Waals surface area contributed by atoms with E-state index < -0.39 is 0 Å². The second-order valence-corrected chi connectivity index (χ2v) is 3.21. The first-order valence-electron chi connectivity index (χ1n) is 4.16. The van der Waals surface area contributed by atoms with Crippen LogP contribution in [0, 0.1) is 6.92 Å². The molecule has 0 aromatic heterocycles. The molecule has 2 aromatic rings. The molecule has 0 saturated carbocycles. The monoisotopic (exact) mass is 173 g/mol. The van der Waals surface area contributed by atoms with E-state index in [1.54, 1.807) is 6.07 Å². The molecular weight excluding hydrogens is 162 g/mol. The second kappa shape index (κ2) is 2.66. The molecule has 2 heteroatoms. The van der Waals surface area contributed by atoms with Crippen LogP contribution in [0.15, 0.2) is 30.3 Å². The highest BCUT2D eigenvalue weighted by molar-refractivity contribution is 5.94. The molecule has 66 valence electrons. The average Bonchev–Trinajstić information content (AvgIpc) is 2.09. The van der Waals surface area contributed by atoms with E-state index in [2.05, 4.69) is 0 Å². The highest BCUT2D eigenvalue weighted by atomic mass is 16.3. The molecule has 2 nitrogen and oxygen atoms in total. The van der Waals surface area contributed by atoms with Crippen LogP contribution in [0.2, 0.25) is 0 Å². The minimum Gasteiger partial charge on any atom is -0.508 e. The summed E-state index contributed by atoms with van der Waals surface area (Å²) >= 11 is 0. The molecule has 2 aromatic carbocycles. The number of rotatable bonds is 0. The summed E-state index contributed by atoms with van der Waals surface area (Å²) < 4.78 is 0. The van der Waals surface area contributed by atoms with Gasteiger partial charge in [0.05, 0.1) is 0 Å². The van der Waals surface area contributed by atoms with Crippen molar-refractivity contribution in [1.29, 1.82) is 0 Å². The summed E-state index contributed by atoms with van der Waals surface area (Å²) in [5.41, 5.74) is 7.34. The third-order valence-corrected chi connectivity index (χ3v) is 2.23. The molecule has 0 radical (unpaired) electrons. The van der Waals surface area contributed by atoms with Gasteiger partial charge in [-0.2, -0.15) is 0 Å². The van der Waals surface area contributed by atoms with Crippen LogP contribution in [-0.2, 0) is 0 Å². The molecule has 2 rings (SSSR count). The van der Waals surface area contributed by atoms with Gasteiger partial charge in [-0.25, -0.2) is 0 Å². The van der Waals surface area contributed by atoms with E-state index in [1.165, 1.54) is 0 Å². The molecule has 0 aliphatic rings. The molecule has 0 unspecified atom stereocenters. The standard InChI is InChI=1S/C11H11NO/c1-7-5-8-3-2-4-10(12)9(8)6-11(7)13/h2-6,13H,12H2,1H3. The maximum Gasteiger partial charge on any atom is 0.119 e. The third kappa shape index (κ3) is 1.20. The number of benzene rings is 2. The van der Waals surface area contributed by atoms with Crippen molar-refractivity contribution in [3.8, 4) is 5.75 Å². The van der Waals surface area contributed by atoms with Crippen LogP contribution in [0.3, 0.4) is 0 Å². The first-order valence-corrected chi connectivity index (χ1v) is 4.16. The van der Waals surface area contributed by atoms with Gasteiger partial charge in [-0.15, -0.1) is 0 Å². The number of nitrogen functional groups attached to an aromatic ring is 1. The Morgan fingerprint density at radius 2 is 2.00 bits per heavy atom. The molecule has 0 aliphatic heterocycles. The van der Waals surface area contributed by atoms with Gasteiger partial charge < -0.3 is 10.8 Å². The van der Waals surface area contributed by atoms with Crippen LogP contribution >= 0.6 is 0 Å². The lowest BCUT2D eigenvalue weighted by molar-refractivity contribution is 0.472. The van der Waals surface area contributed by atoms with E-state index in [0.29, 0.717) is 11.4 Å². The Labute approximate surface area is 76.6 Å². The van der Waals surface area contributed by atoms with Crippen molar-refractivity contribution in [2.75, 3.05) is 5.73 Å². The van der Waals surface area contributed by atoms with Gasteiger partial charge in [0.25, 0.3) is 0 Å². The van der Waals surface area contributed by atoms with Crippen molar-refractivity contribution in [3.05, 3.63) is 35.9 Å². The lowest BCUT2D eigenvalue weighted by Gasteiger charge is -2.04. The van der Waals surface area contributed by atoms with Crippen LogP contribution in [0.25, 0.3) is 10.8 Å². The fourth-order valence-corrected chi connectivity index (χ4v) is 1.45. The van der Waals surface area contributed by atoms with Crippen molar-refractivity contribution < 1.29 is 5.11 Å². The van der Waals surface area contributed by atoms with E-state index in [4.69, 9.17) is 5.73 Å². The SMILES string of the molecule is Cc1cc2cccc(N)c2cc1O. The number of phenolic OH excluding ortho intramolecular Hbond substituents is 1. The Hall–Kier alpha value is -1.70. The van der Waals surface area contributed by atoms with Crippen molar-refractivity contribution >= 4 is 16.5 Å². The van der Waals surface area contributed by atoms with E-state index in [1.807, 2.05) is 31.2 Å². The molecule has 0 atom stereocenters. The van der Waals surface area contributed by atoms with Crippen LogP contribution in [-0.4, -0.2) is 5.11 Å². The Balaban J connectivity index is 2.89. The lowest BCUT2D eigenvalue weighted by atomic mass is 10.1. The summed E-state index contributed by atoms with van der Waals surface area (Å²) in [6, 6.07) is 9.37. The number of hydrogen-bond donors (Lipinski definition) is 2. The summed E-state index contributed by atoms with van der Waals surface area (Å²) in [5, 5.41) is 11.5. The maximum atomic E-state index is 9.49. The smallest absolute Gasteiger partial charge is 0.119 e. The molecule has 0 amide bonds. The molecule has 13 heavy (non-hydrogen) atoms. The first kappa shape index (κ1) is 7.92. The molecule has 3 N–H and O–H groups in total. The predicted molar refractivity (Wildman–Crippen MR) is 54.8 cm³/mol. The van der Waals surface area contributed by atoms with Crippen LogP contribution in [0.4, 0.5) is 5.69 Å². The van der Waals surface area contributed by atoms with Gasteiger partial charge in [0.2, 0.25) is 0 Å².